The van der Waals surface area contributed by atoms with Gasteiger partial charge in [0.15, 0.2) is 0 Å². The van der Waals surface area contributed by atoms with Gasteiger partial charge in [-0.3, -0.25) is 4.57 Å². The summed E-state index contributed by atoms with van der Waals surface area (Å²) in [7, 11) is 0. The highest BCUT2D eigenvalue weighted by atomic mass is 19.4. The molecule has 134 valence electrons. The molecule has 1 unspecified atom stereocenters. The summed E-state index contributed by atoms with van der Waals surface area (Å²) in [6.07, 6.45) is -20.9. The minimum Gasteiger partial charge on any atom is -0.298 e. The molecule has 0 saturated heterocycles. The van der Waals surface area contributed by atoms with Gasteiger partial charge in [0.1, 0.15) is 0 Å². The Balaban J connectivity index is 3.79. The highest BCUT2D eigenvalue weighted by Gasteiger charge is 2.83. The third-order valence-corrected chi connectivity index (χ3v) is 2.71. The maximum Gasteiger partial charge on any atom is 0.458 e. The molecule has 0 amide bonds. The van der Waals surface area contributed by atoms with Crippen LogP contribution < -0.4 is 0 Å². The van der Waals surface area contributed by atoms with Gasteiger partial charge in [0, 0.05) is 12.4 Å². The van der Waals surface area contributed by atoms with Gasteiger partial charge in [0.25, 0.3) is 5.79 Å². The van der Waals surface area contributed by atoms with E-state index in [0.717, 1.165) is 0 Å². The van der Waals surface area contributed by atoms with E-state index in [2.05, 4.69) is 4.98 Å². The SMILES string of the molecule is FC(F)(F)C(C(F)(F)F)C(F)(n1ccnc1)C(F)(F)C(F)(F)F. The number of aromatic nitrogens is 2. The van der Waals surface area contributed by atoms with E-state index in [1.54, 1.807) is 0 Å². The minimum absolute atomic E-state index is 0.204. The molecule has 0 aliphatic carbocycles. The fourth-order valence-corrected chi connectivity index (χ4v) is 1.76. The van der Waals surface area contributed by atoms with Crippen LogP contribution in [0.1, 0.15) is 0 Å². The van der Waals surface area contributed by atoms with Crippen molar-refractivity contribution >= 4 is 0 Å². The quantitative estimate of drug-likeness (QED) is 0.722. The van der Waals surface area contributed by atoms with Gasteiger partial charge in [0.05, 0.1) is 6.33 Å². The van der Waals surface area contributed by atoms with Gasteiger partial charge >= 0.3 is 24.5 Å². The summed E-state index contributed by atoms with van der Waals surface area (Å²) in [6.45, 7) is 0. The Kier molecular flexibility index (Phi) is 4.38. The zero-order valence-corrected chi connectivity index (χ0v) is 10.2. The van der Waals surface area contributed by atoms with Crippen LogP contribution in [0.2, 0.25) is 0 Å². The third-order valence-electron chi connectivity index (χ3n) is 2.71. The molecule has 0 N–H and O–H groups in total. The van der Waals surface area contributed by atoms with E-state index in [1.807, 2.05) is 0 Å². The van der Waals surface area contributed by atoms with Crippen LogP contribution in [0.4, 0.5) is 52.7 Å². The van der Waals surface area contributed by atoms with Gasteiger partial charge in [0.2, 0.25) is 5.92 Å². The summed E-state index contributed by atoms with van der Waals surface area (Å²) >= 11 is 0. The molecule has 1 aromatic rings. The Morgan fingerprint density at radius 1 is 0.739 bits per heavy atom. The number of halogens is 12. The largest absolute Gasteiger partial charge is 0.458 e. The molecule has 2 nitrogen and oxygen atoms in total. The van der Waals surface area contributed by atoms with Gasteiger partial charge in [-0.1, -0.05) is 0 Å². The second-order valence-corrected chi connectivity index (χ2v) is 4.23. The lowest BCUT2D eigenvalue weighted by molar-refractivity contribution is -0.413. The standard InChI is InChI=1S/C9H4F12N2/c10-5(23-2-1-22-3-23,8(17,18)9(19,20)21)4(6(11,12)13)7(14,15)16/h1-4H. The molecule has 0 aliphatic heterocycles. The van der Waals surface area contributed by atoms with Crippen LogP contribution in [0.15, 0.2) is 18.7 Å². The summed E-state index contributed by atoms with van der Waals surface area (Å²) in [5.74, 6) is -19.0. The average Bonchev–Trinajstić information content (AvgIpc) is 2.75. The Bertz CT molecular complexity index is 510. The molecular formula is C9H4F12N2. The second-order valence-electron chi connectivity index (χ2n) is 4.23. The Hall–Kier alpha value is -1.63. The molecule has 0 spiro atoms. The summed E-state index contributed by atoms with van der Waals surface area (Å²) in [5, 5.41) is 0. The van der Waals surface area contributed by atoms with Crippen LogP contribution in [-0.4, -0.2) is 34.0 Å². The molecular weight excluding hydrogens is 364 g/mol. The maximum atomic E-state index is 14.3. The highest BCUT2D eigenvalue weighted by Crippen LogP contribution is 2.59. The molecule has 0 aromatic carbocycles. The van der Waals surface area contributed by atoms with Crippen LogP contribution in [0.3, 0.4) is 0 Å². The van der Waals surface area contributed by atoms with Gasteiger partial charge in [-0.25, -0.2) is 9.37 Å². The number of imidazole rings is 1. The first-order chi connectivity index (χ1) is 9.97. The number of hydrogen-bond acceptors (Lipinski definition) is 1. The fraction of sp³-hybridized carbons (Fsp3) is 0.667. The lowest BCUT2D eigenvalue weighted by atomic mass is 9.89. The van der Waals surface area contributed by atoms with Crippen LogP contribution in [0.5, 0.6) is 0 Å². The fourth-order valence-electron chi connectivity index (χ4n) is 1.76. The van der Waals surface area contributed by atoms with Crippen molar-refractivity contribution in [3.63, 3.8) is 0 Å². The number of rotatable bonds is 3. The van der Waals surface area contributed by atoms with E-state index in [9.17, 15) is 52.7 Å². The van der Waals surface area contributed by atoms with Gasteiger partial charge in [-0.2, -0.15) is 48.3 Å². The monoisotopic (exact) mass is 368 g/mol. The molecule has 1 aromatic heterocycles. The molecule has 0 aliphatic rings. The van der Waals surface area contributed by atoms with Gasteiger partial charge < -0.3 is 0 Å². The number of nitrogens with zero attached hydrogens (tertiary/aromatic N) is 2. The van der Waals surface area contributed by atoms with Crippen LogP contribution >= 0.6 is 0 Å². The predicted octanol–water partition coefficient (Wildman–Crippen LogP) is 4.44. The lowest BCUT2D eigenvalue weighted by Crippen LogP contribution is -2.65. The summed E-state index contributed by atoms with van der Waals surface area (Å²) < 4.78 is 152. The highest BCUT2D eigenvalue weighted by molar-refractivity contribution is 5.05. The zero-order chi connectivity index (χ0) is 18.5. The van der Waals surface area contributed by atoms with Gasteiger partial charge in [-0.05, 0) is 0 Å². The Labute approximate surface area is 118 Å². The molecule has 0 radical (unpaired) electrons. The first-order valence-electron chi connectivity index (χ1n) is 5.22. The topological polar surface area (TPSA) is 17.8 Å². The molecule has 1 rings (SSSR count). The van der Waals surface area contributed by atoms with Crippen molar-refractivity contribution in [2.75, 3.05) is 0 Å². The Morgan fingerprint density at radius 2 is 1.17 bits per heavy atom. The molecule has 0 saturated carbocycles. The van der Waals surface area contributed by atoms with E-state index in [-0.39, 0.29) is 18.7 Å². The molecule has 0 fully saturated rings. The van der Waals surface area contributed by atoms with E-state index in [4.69, 9.17) is 0 Å². The summed E-state index contributed by atoms with van der Waals surface area (Å²) in [5.41, 5.74) is 0. The maximum absolute atomic E-state index is 14.3. The molecule has 14 heteroatoms. The van der Waals surface area contributed by atoms with Crippen LogP contribution in [0, 0.1) is 5.92 Å². The normalized spacial score (nSPS) is 17.4. The van der Waals surface area contributed by atoms with Crippen molar-refractivity contribution < 1.29 is 52.7 Å². The van der Waals surface area contributed by atoms with E-state index < -0.39 is 40.7 Å². The Morgan fingerprint density at radius 3 is 1.43 bits per heavy atom. The van der Waals surface area contributed by atoms with Crippen LogP contribution in [0.25, 0.3) is 0 Å². The molecule has 23 heavy (non-hydrogen) atoms. The molecule has 1 heterocycles. The smallest absolute Gasteiger partial charge is 0.298 e. The van der Waals surface area contributed by atoms with E-state index >= 15 is 0 Å². The van der Waals surface area contributed by atoms with Crippen molar-refractivity contribution in [1.29, 1.82) is 0 Å². The number of hydrogen-bond donors (Lipinski definition) is 0. The van der Waals surface area contributed by atoms with Crippen LogP contribution in [-0.2, 0) is 5.79 Å². The van der Waals surface area contributed by atoms with Crippen molar-refractivity contribution in [2.45, 2.75) is 30.2 Å². The first kappa shape index (κ1) is 19.4. The third kappa shape index (κ3) is 3.06. The lowest BCUT2D eigenvalue weighted by Gasteiger charge is -2.41. The van der Waals surface area contributed by atoms with E-state index in [1.165, 1.54) is 0 Å². The molecule has 0 bridgehead atoms. The number of alkyl halides is 12. The van der Waals surface area contributed by atoms with Crippen molar-refractivity contribution in [2.24, 2.45) is 5.92 Å². The van der Waals surface area contributed by atoms with E-state index in [0.29, 0.717) is 0 Å². The van der Waals surface area contributed by atoms with Crippen molar-refractivity contribution in [1.82, 2.24) is 9.55 Å². The summed E-state index contributed by atoms with van der Waals surface area (Å²) in [6, 6.07) is 0. The predicted molar refractivity (Wildman–Crippen MR) is 47.9 cm³/mol. The van der Waals surface area contributed by atoms with Crippen molar-refractivity contribution in [3.8, 4) is 0 Å². The first-order valence-corrected chi connectivity index (χ1v) is 5.22. The minimum atomic E-state index is -7.04. The van der Waals surface area contributed by atoms with Crippen molar-refractivity contribution in [3.05, 3.63) is 18.7 Å². The molecule has 1 atom stereocenters. The summed E-state index contributed by atoms with van der Waals surface area (Å²) in [4.78, 5) is 2.72. The van der Waals surface area contributed by atoms with Gasteiger partial charge in [-0.15, -0.1) is 0 Å². The second kappa shape index (κ2) is 5.19. The zero-order valence-electron chi connectivity index (χ0n) is 10.2. The average molecular weight is 368 g/mol.